The molecule has 4 aromatic rings. The SMILES string of the molecule is Cn1cc(N2CCCC(c3nc4c5c(F)c(F)ccc5nc(N)n4n3)C2)cn1. The molecule has 0 spiro atoms. The third-order valence-corrected chi connectivity index (χ3v) is 5.21. The molecule has 1 aromatic carbocycles. The normalized spacial score (nSPS) is 17.7. The maximum Gasteiger partial charge on any atom is 0.223 e. The number of nitrogen functional groups attached to an aromatic ring is 1. The molecule has 1 fully saturated rings. The van der Waals surface area contributed by atoms with E-state index in [1.54, 1.807) is 4.68 Å². The summed E-state index contributed by atoms with van der Waals surface area (Å²) in [6.45, 7) is 1.63. The Morgan fingerprint density at radius 3 is 2.86 bits per heavy atom. The van der Waals surface area contributed by atoms with Gasteiger partial charge in [-0.2, -0.15) is 9.61 Å². The number of nitrogens with zero attached hydrogens (tertiary/aromatic N) is 7. The third kappa shape index (κ3) is 2.55. The Morgan fingerprint density at radius 1 is 1.21 bits per heavy atom. The molecule has 0 radical (unpaired) electrons. The van der Waals surface area contributed by atoms with Crippen LogP contribution in [-0.4, -0.2) is 42.5 Å². The smallest absolute Gasteiger partial charge is 0.223 e. The van der Waals surface area contributed by atoms with E-state index in [1.165, 1.54) is 10.6 Å². The van der Waals surface area contributed by atoms with Gasteiger partial charge in [0, 0.05) is 32.3 Å². The average Bonchev–Trinajstić information content (AvgIpc) is 3.32. The standard InChI is InChI=1S/C18H18F2N8/c1-26-9-11(7-22-26)27-6-2-3-10(8-27)16-24-17-14-13(5-4-12(19)15(14)20)23-18(21)28(17)25-16/h4-5,7,9-10H,2-3,6,8H2,1H3,(H2,21,23). The lowest BCUT2D eigenvalue weighted by Gasteiger charge is -2.32. The minimum atomic E-state index is -0.991. The minimum Gasteiger partial charge on any atom is -0.368 e. The van der Waals surface area contributed by atoms with E-state index in [4.69, 9.17) is 5.73 Å². The molecule has 10 heteroatoms. The number of benzene rings is 1. The molecule has 1 aliphatic heterocycles. The number of hydrogen-bond donors (Lipinski definition) is 1. The van der Waals surface area contributed by atoms with Crippen molar-refractivity contribution in [3.05, 3.63) is 42.0 Å². The molecule has 0 saturated carbocycles. The lowest BCUT2D eigenvalue weighted by Crippen LogP contribution is -2.34. The molecule has 1 aliphatic rings. The van der Waals surface area contributed by atoms with Crippen LogP contribution < -0.4 is 10.6 Å². The summed E-state index contributed by atoms with van der Waals surface area (Å²) in [5, 5.41) is 8.69. The maximum atomic E-state index is 14.4. The summed E-state index contributed by atoms with van der Waals surface area (Å²) in [7, 11) is 1.88. The Balaban J connectivity index is 1.58. The number of anilines is 2. The molecule has 3 aromatic heterocycles. The van der Waals surface area contributed by atoms with Crippen LogP contribution in [0.25, 0.3) is 16.6 Å². The highest BCUT2D eigenvalue weighted by Gasteiger charge is 2.27. The molecule has 28 heavy (non-hydrogen) atoms. The minimum absolute atomic E-state index is 0.00660. The molecule has 4 heterocycles. The van der Waals surface area contributed by atoms with Gasteiger partial charge in [0.2, 0.25) is 5.95 Å². The van der Waals surface area contributed by atoms with Gasteiger partial charge in [-0.1, -0.05) is 0 Å². The molecule has 2 N–H and O–H groups in total. The van der Waals surface area contributed by atoms with Gasteiger partial charge in [-0.25, -0.2) is 18.7 Å². The van der Waals surface area contributed by atoms with Gasteiger partial charge in [-0.3, -0.25) is 4.68 Å². The fourth-order valence-corrected chi connectivity index (χ4v) is 3.83. The number of fused-ring (bicyclic) bond motifs is 3. The van der Waals surface area contributed by atoms with Gasteiger partial charge in [0.15, 0.2) is 23.1 Å². The zero-order valence-electron chi connectivity index (χ0n) is 15.2. The van der Waals surface area contributed by atoms with Crippen molar-refractivity contribution in [3.63, 3.8) is 0 Å². The molecule has 0 bridgehead atoms. The van der Waals surface area contributed by atoms with Gasteiger partial charge in [0.25, 0.3) is 0 Å². The maximum absolute atomic E-state index is 14.4. The summed E-state index contributed by atoms with van der Waals surface area (Å²) in [6.07, 6.45) is 5.66. The van der Waals surface area contributed by atoms with Crippen LogP contribution in [0.15, 0.2) is 24.5 Å². The fourth-order valence-electron chi connectivity index (χ4n) is 3.83. The second-order valence-corrected chi connectivity index (χ2v) is 7.09. The number of piperidine rings is 1. The Morgan fingerprint density at radius 2 is 2.07 bits per heavy atom. The Bertz CT molecular complexity index is 1200. The lowest BCUT2D eigenvalue weighted by molar-refractivity contribution is 0.491. The molecule has 1 unspecified atom stereocenters. The average molecular weight is 384 g/mol. The first-order valence-corrected chi connectivity index (χ1v) is 9.04. The van der Waals surface area contributed by atoms with E-state index >= 15 is 0 Å². The van der Waals surface area contributed by atoms with Gasteiger partial charge in [0.05, 0.1) is 22.8 Å². The van der Waals surface area contributed by atoms with E-state index in [9.17, 15) is 8.78 Å². The molecule has 1 saturated heterocycles. The summed E-state index contributed by atoms with van der Waals surface area (Å²) in [4.78, 5) is 10.9. The summed E-state index contributed by atoms with van der Waals surface area (Å²) in [6, 6.07) is 2.42. The molecular formula is C18H18F2N8. The Kier molecular flexibility index (Phi) is 3.68. The van der Waals surface area contributed by atoms with Crippen LogP contribution in [0.2, 0.25) is 0 Å². The number of aromatic nitrogens is 6. The molecule has 5 rings (SSSR count). The van der Waals surface area contributed by atoms with E-state index in [0.29, 0.717) is 12.4 Å². The van der Waals surface area contributed by atoms with Gasteiger partial charge in [-0.15, -0.1) is 5.10 Å². The van der Waals surface area contributed by atoms with Crippen molar-refractivity contribution in [2.45, 2.75) is 18.8 Å². The van der Waals surface area contributed by atoms with E-state index in [0.717, 1.165) is 31.1 Å². The summed E-state index contributed by atoms with van der Waals surface area (Å²) in [5.74, 6) is -1.26. The molecule has 0 aliphatic carbocycles. The molecular weight excluding hydrogens is 366 g/mol. The van der Waals surface area contributed by atoms with E-state index in [1.807, 2.05) is 19.4 Å². The predicted molar refractivity (Wildman–Crippen MR) is 100 cm³/mol. The van der Waals surface area contributed by atoms with Crippen molar-refractivity contribution in [2.24, 2.45) is 7.05 Å². The zero-order valence-corrected chi connectivity index (χ0v) is 15.2. The van der Waals surface area contributed by atoms with E-state index in [2.05, 4.69) is 25.1 Å². The van der Waals surface area contributed by atoms with Crippen molar-refractivity contribution in [2.75, 3.05) is 23.7 Å². The largest absolute Gasteiger partial charge is 0.368 e. The van der Waals surface area contributed by atoms with E-state index in [-0.39, 0.29) is 28.4 Å². The first-order chi connectivity index (χ1) is 13.5. The topological polar surface area (TPSA) is 90.2 Å². The number of aryl methyl sites for hydroxylation is 1. The van der Waals surface area contributed by atoms with Crippen LogP contribution in [0.5, 0.6) is 0 Å². The number of rotatable bonds is 2. The van der Waals surface area contributed by atoms with Crippen molar-refractivity contribution in [1.29, 1.82) is 0 Å². The molecule has 1 atom stereocenters. The molecule has 8 nitrogen and oxygen atoms in total. The first kappa shape index (κ1) is 16.8. The summed E-state index contributed by atoms with van der Waals surface area (Å²) < 4.78 is 31.3. The Hall–Kier alpha value is -3.30. The highest BCUT2D eigenvalue weighted by Crippen LogP contribution is 2.30. The monoisotopic (exact) mass is 384 g/mol. The van der Waals surface area contributed by atoms with Gasteiger partial charge >= 0.3 is 0 Å². The molecule has 144 valence electrons. The number of halogens is 2. The van der Waals surface area contributed by atoms with Crippen LogP contribution in [0.4, 0.5) is 20.4 Å². The molecule has 0 amide bonds. The third-order valence-electron chi connectivity index (χ3n) is 5.21. The van der Waals surface area contributed by atoms with Gasteiger partial charge in [-0.05, 0) is 25.0 Å². The van der Waals surface area contributed by atoms with Gasteiger partial charge in [0.1, 0.15) is 0 Å². The first-order valence-electron chi connectivity index (χ1n) is 9.04. The second-order valence-electron chi connectivity index (χ2n) is 7.09. The highest BCUT2D eigenvalue weighted by atomic mass is 19.2. The lowest BCUT2D eigenvalue weighted by atomic mass is 9.97. The van der Waals surface area contributed by atoms with Crippen LogP contribution in [0, 0.1) is 11.6 Å². The van der Waals surface area contributed by atoms with E-state index < -0.39 is 11.6 Å². The van der Waals surface area contributed by atoms with Crippen molar-refractivity contribution in [3.8, 4) is 0 Å². The Labute approximate surface area is 158 Å². The van der Waals surface area contributed by atoms with Crippen molar-refractivity contribution < 1.29 is 8.78 Å². The highest BCUT2D eigenvalue weighted by molar-refractivity contribution is 5.92. The number of nitrogens with two attached hydrogens (primary N) is 1. The second kappa shape index (κ2) is 6.11. The summed E-state index contributed by atoms with van der Waals surface area (Å²) >= 11 is 0. The van der Waals surface area contributed by atoms with Gasteiger partial charge < -0.3 is 10.6 Å². The van der Waals surface area contributed by atoms with Crippen molar-refractivity contribution in [1.82, 2.24) is 29.4 Å². The summed E-state index contributed by atoms with van der Waals surface area (Å²) in [5.41, 5.74) is 7.47. The van der Waals surface area contributed by atoms with Crippen LogP contribution in [0.1, 0.15) is 24.6 Å². The predicted octanol–water partition coefficient (Wildman–Crippen LogP) is 2.26. The van der Waals surface area contributed by atoms with Crippen molar-refractivity contribution >= 4 is 28.2 Å². The fraction of sp³-hybridized carbons (Fsp3) is 0.333. The van der Waals surface area contributed by atoms with Crippen LogP contribution >= 0.6 is 0 Å². The number of hydrogen-bond acceptors (Lipinski definition) is 6. The quantitative estimate of drug-likeness (QED) is 0.570. The van der Waals surface area contributed by atoms with Crippen LogP contribution in [-0.2, 0) is 7.05 Å². The van der Waals surface area contributed by atoms with Crippen LogP contribution in [0.3, 0.4) is 0 Å². The zero-order chi connectivity index (χ0) is 19.4.